The second kappa shape index (κ2) is 9.27. The van der Waals surface area contributed by atoms with Crippen LogP contribution in [0.2, 0.25) is 0 Å². The SMILES string of the molecule is CCn1c(-c2ccccc2P(C2CCCCC2)C2CCCCC2)cc2ccccc21. The Bertz CT molecular complexity index is 957. The van der Waals surface area contributed by atoms with Crippen LogP contribution in [0, 0.1) is 0 Å². The van der Waals surface area contributed by atoms with Gasteiger partial charge < -0.3 is 4.57 Å². The van der Waals surface area contributed by atoms with E-state index in [1.54, 1.807) is 5.30 Å². The van der Waals surface area contributed by atoms with Crippen LogP contribution in [-0.4, -0.2) is 15.9 Å². The van der Waals surface area contributed by atoms with Gasteiger partial charge in [-0.15, -0.1) is 0 Å². The quantitative estimate of drug-likeness (QED) is 0.370. The molecular formula is C28H36NP. The summed E-state index contributed by atoms with van der Waals surface area (Å²) in [5.74, 6) is 0. The highest BCUT2D eigenvalue weighted by atomic mass is 31.1. The lowest BCUT2D eigenvalue weighted by molar-refractivity contribution is 0.487. The molecule has 1 heterocycles. The first-order valence-corrected chi connectivity index (χ1v) is 13.8. The van der Waals surface area contributed by atoms with E-state index in [0.29, 0.717) is 0 Å². The summed E-state index contributed by atoms with van der Waals surface area (Å²) in [4.78, 5) is 0. The fourth-order valence-corrected chi connectivity index (χ4v) is 10.1. The van der Waals surface area contributed by atoms with E-state index >= 15 is 0 Å². The van der Waals surface area contributed by atoms with Crippen LogP contribution in [-0.2, 0) is 6.54 Å². The Morgan fingerprint density at radius 3 is 2.03 bits per heavy atom. The third-order valence-electron chi connectivity index (χ3n) is 7.52. The number of aromatic nitrogens is 1. The smallest absolute Gasteiger partial charge is 0.0497 e. The predicted octanol–water partition coefficient (Wildman–Crippen LogP) is 8.10. The summed E-state index contributed by atoms with van der Waals surface area (Å²) in [5.41, 5.74) is 6.23. The molecule has 0 saturated heterocycles. The molecule has 0 amide bonds. The molecule has 0 unspecified atom stereocenters. The van der Waals surface area contributed by atoms with Gasteiger partial charge in [0.1, 0.15) is 0 Å². The topological polar surface area (TPSA) is 4.93 Å². The van der Waals surface area contributed by atoms with Crippen LogP contribution in [0.15, 0.2) is 54.6 Å². The molecule has 2 heteroatoms. The van der Waals surface area contributed by atoms with Gasteiger partial charge in [0.05, 0.1) is 0 Å². The standard InChI is InChI=1S/C28H36NP/c1-2-29-26-19-11-9-13-22(26)21-27(29)25-18-10-12-20-28(25)30(23-14-5-3-6-15-23)24-16-7-4-8-17-24/h9-13,18-21,23-24H,2-8,14-17H2,1H3. The molecule has 0 radical (unpaired) electrons. The Hall–Kier alpha value is -1.59. The zero-order valence-electron chi connectivity index (χ0n) is 18.5. The van der Waals surface area contributed by atoms with E-state index in [9.17, 15) is 0 Å². The van der Waals surface area contributed by atoms with E-state index in [2.05, 4.69) is 66.1 Å². The highest BCUT2D eigenvalue weighted by Gasteiger charge is 2.33. The predicted molar refractivity (Wildman–Crippen MR) is 133 cm³/mol. The van der Waals surface area contributed by atoms with Gasteiger partial charge in [-0.3, -0.25) is 0 Å². The Morgan fingerprint density at radius 2 is 1.37 bits per heavy atom. The molecule has 1 nitrogen and oxygen atoms in total. The highest BCUT2D eigenvalue weighted by molar-refractivity contribution is 7.67. The van der Waals surface area contributed by atoms with E-state index in [1.807, 2.05) is 0 Å². The molecule has 0 atom stereocenters. The number of rotatable bonds is 5. The lowest BCUT2D eigenvalue weighted by Crippen LogP contribution is -2.27. The molecular weight excluding hydrogens is 381 g/mol. The van der Waals surface area contributed by atoms with Crippen molar-refractivity contribution >= 4 is 24.1 Å². The number of aryl methyl sites for hydroxylation is 1. The first-order chi connectivity index (χ1) is 14.9. The molecule has 2 aliphatic carbocycles. The van der Waals surface area contributed by atoms with Gasteiger partial charge in [-0.05, 0) is 61.4 Å². The molecule has 2 aliphatic rings. The van der Waals surface area contributed by atoms with Crippen LogP contribution in [0.5, 0.6) is 0 Å². The van der Waals surface area contributed by atoms with Crippen molar-refractivity contribution in [3.05, 3.63) is 54.6 Å². The summed E-state index contributed by atoms with van der Waals surface area (Å²) in [6, 6.07) is 20.9. The van der Waals surface area contributed by atoms with Crippen LogP contribution in [0.3, 0.4) is 0 Å². The van der Waals surface area contributed by atoms with E-state index in [0.717, 1.165) is 17.9 Å². The van der Waals surface area contributed by atoms with Crippen molar-refractivity contribution in [3.63, 3.8) is 0 Å². The fourth-order valence-electron chi connectivity index (χ4n) is 6.10. The summed E-state index contributed by atoms with van der Waals surface area (Å²) in [6.45, 7) is 3.33. The molecule has 2 aromatic carbocycles. The molecule has 1 aromatic heterocycles. The summed E-state index contributed by atoms with van der Waals surface area (Å²) in [7, 11) is -0.0966. The molecule has 158 valence electrons. The summed E-state index contributed by atoms with van der Waals surface area (Å²) >= 11 is 0. The molecule has 0 N–H and O–H groups in total. The van der Waals surface area contributed by atoms with Gasteiger partial charge in [0, 0.05) is 28.7 Å². The van der Waals surface area contributed by atoms with Crippen LogP contribution >= 0.6 is 7.92 Å². The van der Waals surface area contributed by atoms with Crippen molar-refractivity contribution in [1.82, 2.24) is 4.57 Å². The zero-order valence-corrected chi connectivity index (χ0v) is 19.4. The van der Waals surface area contributed by atoms with Gasteiger partial charge in [-0.25, -0.2) is 0 Å². The first kappa shape index (κ1) is 20.3. The second-order valence-electron chi connectivity index (χ2n) is 9.34. The average Bonchev–Trinajstić information content (AvgIpc) is 3.19. The third kappa shape index (κ3) is 3.87. The third-order valence-corrected chi connectivity index (χ3v) is 11.1. The lowest BCUT2D eigenvalue weighted by atomic mass is 9.99. The number of para-hydroxylation sites is 1. The van der Waals surface area contributed by atoms with E-state index in [1.165, 1.54) is 86.4 Å². The zero-order chi connectivity index (χ0) is 20.3. The molecule has 5 rings (SSSR count). The molecule has 2 saturated carbocycles. The Morgan fingerprint density at radius 1 is 0.767 bits per heavy atom. The largest absolute Gasteiger partial charge is 0.341 e. The maximum absolute atomic E-state index is 2.55. The lowest BCUT2D eigenvalue weighted by Gasteiger charge is -2.39. The molecule has 2 fully saturated rings. The van der Waals surface area contributed by atoms with Gasteiger partial charge in [-0.2, -0.15) is 0 Å². The van der Waals surface area contributed by atoms with Gasteiger partial charge in [0.25, 0.3) is 0 Å². The van der Waals surface area contributed by atoms with Crippen molar-refractivity contribution in [2.24, 2.45) is 0 Å². The fraction of sp³-hybridized carbons (Fsp3) is 0.500. The van der Waals surface area contributed by atoms with Crippen LogP contribution in [0.25, 0.3) is 22.2 Å². The normalized spacial score (nSPS) is 19.0. The van der Waals surface area contributed by atoms with Crippen LogP contribution < -0.4 is 5.30 Å². The van der Waals surface area contributed by atoms with Gasteiger partial charge in [0.15, 0.2) is 0 Å². The minimum atomic E-state index is -0.0966. The summed E-state index contributed by atoms with van der Waals surface area (Å²) < 4.78 is 2.55. The number of fused-ring (bicyclic) bond motifs is 1. The number of benzene rings is 2. The number of hydrogen-bond acceptors (Lipinski definition) is 0. The minimum Gasteiger partial charge on any atom is -0.341 e. The van der Waals surface area contributed by atoms with Crippen LogP contribution in [0.4, 0.5) is 0 Å². The summed E-state index contributed by atoms with van der Waals surface area (Å²) in [6.07, 6.45) is 14.6. The van der Waals surface area contributed by atoms with Crippen molar-refractivity contribution in [2.45, 2.75) is 89.0 Å². The highest BCUT2D eigenvalue weighted by Crippen LogP contribution is 2.56. The Balaban J connectivity index is 1.63. The second-order valence-corrected chi connectivity index (χ2v) is 12.1. The van der Waals surface area contributed by atoms with Crippen molar-refractivity contribution in [1.29, 1.82) is 0 Å². The van der Waals surface area contributed by atoms with Gasteiger partial charge in [0.2, 0.25) is 0 Å². The first-order valence-electron chi connectivity index (χ1n) is 12.3. The van der Waals surface area contributed by atoms with Gasteiger partial charge >= 0.3 is 0 Å². The van der Waals surface area contributed by atoms with E-state index < -0.39 is 0 Å². The molecule has 0 aliphatic heterocycles. The maximum atomic E-state index is 2.55. The van der Waals surface area contributed by atoms with Gasteiger partial charge in [-0.1, -0.05) is 88.9 Å². The molecule has 30 heavy (non-hydrogen) atoms. The van der Waals surface area contributed by atoms with Crippen molar-refractivity contribution < 1.29 is 0 Å². The number of nitrogens with zero attached hydrogens (tertiary/aromatic N) is 1. The summed E-state index contributed by atoms with van der Waals surface area (Å²) in [5, 5.41) is 3.09. The van der Waals surface area contributed by atoms with Crippen LogP contribution in [0.1, 0.15) is 71.1 Å². The minimum absolute atomic E-state index is 0.0966. The van der Waals surface area contributed by atoms with E-state index in [-0.39, 0.29) is 7.92 Å². The Kier molecular flexibility index (Phi) is 6.28. The average molecular weight is 418 g/mol. The van der Waals surface area contributed by atoms with E-state index in [4.69, 9.17) is 0 Å². The van der Waals surface area contributed by atoms with Crippen molar-refractivity contribution in [3.8, 4) is 11.3 Å². The molecule has 0 spiro atoms. The molecule has 0 bridgehead atoms. The van der Waals surface area contributed by atoms with Crippen molar-refractivity contribution in [2.75, 3.05) is 0 Å². The monoisotopic (exact) mass is 417 g/mol. The maximum Gasteiger partial charge on any atom is 0.0497 e. The Labute approximate surface area is 183 Å². The molecule has 3 aromatic rings. The number of hydrogen-bond donors (Lipinski definition) is 0.